The predicted molar refractivity (Wildman–Crippen MR) is 231 cm³/mol. The molecular formula is C54H40N2O. The van der Waals surface area contributed by atoms with Crippen LogP contribution in [0.3, 0.4) is 0 Å². The summed E-state index contributed by atoms with van der Waals surface area (Å²) in [5.74, 6) is 2.94. The summed E-state index contributed by atoms with van der Waals surface area (Å²) in [5.41, 5.74) is 14.8. The van der Waals surface area contributed by atoms with Gasteiger partial charge in [-0.25, -0.2) is 9.97 Å². The minimum atomic E-state index is -0.315. The quantitative estimate of drug-likeness (QED) is 0.177. The fraction of sp³-hybridized carbons (Fsp3) is 0.111. The molecule has 0 fully saturated rings. The zero-order chi connectivity index (χ0) is 38.0. The Hall–Kier alpha value is -6.84. The molecule has 0 saturated carbocycles. The smallest absolute Gasteiger partial charge is 0.160 e. The van der Waals surface area contributed by atoms with E-state index in [0.29, 0.717) is 5.82 Å². The van der Waals surface area contributed by atoms with E-state index >= 15 is 0 Å². The van der Waals surface area contributed by atoms with Crippen LogP contribution < -0.4 is 0 Å². The molecule has 2 unspecified atom stereocenters. The first kappa shape index (κ1) is 33.5. The Morgan fingerprint density at radius 2 is 1.12 bits per heavy atom. The van der Waals surface area contributed by atoms with Gasteiger partial charge in [0.2, 0.25) is 0 Å². The Morgan fingerprint density at radius 3 is 1.79 bits per heavy atom. The highest BCUT2D eigenvalue weighted by molar-refractivity contribution is 5.85. The Kier molecular flexibility index (Phi) is 7.72. The van der Waals surface area contributed by atoms with Crippen LogP contribution >= 0.6 is 0 Å². The second-order valence-electron chi connectivity index (χ2n) is 15.9. The van der Waals surface area contributed by atoms with E-state index in [-0.39, 0.29) is 16.7 Å². The summed E-state index contributed by atoms with van der Waals surface area (Å²) in [5, 5.41) is 0. The lowest BCUT2D eigenvalue weighted by Gasteiger charge is -2.50. The molecule has 11 rings (SSSR count). The van der Waals surface area contributed by atoms with Crippen molar-refractivity contribution >= 4 is 0 Å². The molecule has 6 aromatic carbocycles. The molecular weight excluding hydrogens is 693 g/mol. The molecule has 272 valence electrons. The maximum atomic E-state index is 6.83. The Balaban J connectivity index is 0.974. The molecule has 1 aliphatic heterocycles. The van der Waals surface area contributed by atoms with Crippen molar-refractivity contribution < 1.29 is 4.74 Å². The molecule has 57 heavy (non-hydrogen) atoms. The number of rotatable bonds is 5. The van der Waals surface area contributed by atoms with Gasteiger partial charge in [-0.2, -0.15) is 0 Å². The normalized spacial score (nSPS) is 19.6. The van der Waals surface area contributed by atoms with Gasteiger partial charge in [-0.05, 0) is 75.6 Å². The van der Waals surface area contributed by atoms with Crippen LogP contribution in [0.1, 0.15) is 36.5 Å². The summed E-state index contributed by atoms with van der Waals surface area (Å²) in [6, 6.07) is 58.7. The van der Waals surface area contributed by atoms with Crippen molar-refractivity contribution in [2.45, 2.75) is 30.6 Å². The summed E-state index contributed by atoms with van der Waals surface area (Å²) in [4.78, 5) is 10.3. The Morgan fingerprint density at radius 1 is 0.579 bits per heavy atom. The van der Waals surface area contributed by atoms with Crippen LogP contribution in [0.15, 0.2) is 211 Å². The average Bonchev–Trinajstić information content (AvgIpc) is 3.58. The van der Waals surface area contributed by atoms with Crippen LogP contribution in [0.5, 0.6) is 0 Å². The molecule has 7 aromatic rings. The number of hydrogen-bond acceptors (Lipinski definition) is 3. The van der Waals surface area contributed by atoms with Gasteiger partial charge >= 0.3 is 0 Å². The molecule has 3 aliphatic carbocycles. The summed E-state index contributed by atoms with van der Waals surface area (Å²) >= 11 is 0. The SMILES string of the molecule is CC1(c2ccc(-c3nc(-c4ccccc4)cc(-c4ccc(-c5ccccc5)cc4)n3)cc2)C=CC2=C(C1)C1(c3ccccc3-c3ccccc31)C1CC=CC=C1O2. The number of aromatic nitrogens is 2. The van der Waals surface area contributed by atoms with E-state index in [0.717, 1.165) is 52.4 Å². The summed E-state index contributed by atoms with van der Waals surface area (Å²) in [6.45, 7) is 2.37. The second kappa shape index (κ2) is 13.1. The van der Waals surface area contributed by atoms with Crippen LogP contribution in [-0.4, -0.2) is 9.97 Å². The van der Waals surface area contributed by atoms with Crippen LogP contribution in [0.25, 0.3) is 56.2 Å². The molecule has 4 aliphatic rings. The van der Waals surface area contributed by atoms with Crippen LogP contribution in [0, 0.1) is 5.92 Å². The summed E-state index contributed by atoms with van der Waals surface area (Å²) < 4.78 is 6.83. The van der Waals surface area contributed by atoms with Gasteiger partial charge < -0.3 is 4.74 Å². The van der Waals surface area contributed by atoms with E-state index in [9.17, 15) is 0 Å². The first-order valence-corrected chi connectivity index (χ1v) is 20.0. The van der Waals surface area contributed by atoms with E-state index in [1.165, 1.54) is 44.5 Å². The van der Waals surface area contributed by atoms with Gasteiger partial charge in [-0.1, -0.05) is 183 Å². The van der Waals surface area contributed by atoms with Gasteiger partial charge in [0.05, 0.1) is 16.8 Å². The van der Waals surface area contributed by atoms with Crippen LogP contribution in [0.2, 0.25) is 0 Å². The van der Waals surface area contributed by atoms with E-state index in [1.54, 1.807) is 0 Å². The fourth-order valence-corrected chi connectivity index (χ4v) is 9.86. The topological polar surface area (TPSA) is 35.0 Å². The van der Waals surface area contributed by atoms with Crippen molar-refractivity contribution in [3.8, 4) is 56.2 Å². The number of ether oxygens (including phenoxy) is 1. The lowest BCUT2D eigenvalue weighted by molar-refractivity contribution is 0.181. The highest BCUT2D eigenvalue weighted by Gasteiger charge is 2.57. The summed E-state index contributed by atoms with van der Waals surface area (Å²) in [6.07, 6.45) is 13.0. The third kappa shape index (κ3) is 5.33. The average molecular weight is 733 g/mol. The molecule has 2 atom stereocenters. The maximum absolute atomic E-state index is 6.83. The molecule has 0 radical (unpaired) electrons. The van der Waals surface area contributed by atoms with Gasteiger partial charge in [0.15, 0.2) is 5.82 Å². The maximum Gasteiger partial charge on any atom is 0.160 e. The van der Waals surface area contributed by atoms with Gasteiger partial charge in [0, 0.05) is 28.0 Å². The molecule has 0 saturated heterocycles. The zero-order valence-corrected chi connectivity index (χ0v) is 31.8. The zero-order valence-electron chi connectivity index (χ0n) is 31.8. The number of nitrogens with zero attached hydrogens (tertiary/aromatic N) is 2. The largest absolute Gasteiger partial charge is 0.461 e. The van der Waals surface area contributed by atoms with E-state index in [1.807, 2.05) is 12.1 Å². The van der Waals surface area contributed by atoms with Crippen LogP contribution in [0.4, 0.5) is 0 Å². The minimum absolute atomic E-state index is 0.182. The number of hydrogen-bond donors (Lipinski definition) is 0. The number of benzene rings is 6. The van der Waals surface area contributed by atoms with Gasteiger partial charge in [-0.3, -0.25) is 0 Å². The molecule has 0 N–H and O–H groups in total. The number of allylic oxidation sites excluding steroid dienone is 7. The third-order valence-electron chi connectivity index (χ3n) is 12.7. The Labute approximate surface area is 334 Å². The van der Waals surface area contributed by atoms with Crippen molar-refractivity contribution in [3.05, 3.63) is 228 Å². The van der Waals surface area contributed by atoms with Crippen molar-refractivity contribution in [3.63, 3.8) is 0 Å². The Bertz CT molecular complexity index is 2770. The first-order valence-electron chi connectivity index (χ1n) is 20.0. The molecule has 3 heteroatoms. The van der Waals surface area contributed by atoms with E-state index in [4.69, 9.17) is 14.7 Å². The lowest BCUT2D eigenvalue weighted by Crippen LogP contribution is -2.45. The lowest BCUT2D eigenvalue weighted by atomic mass is 9.56. The monoisotopic (exact) mass is 732 g/mol. The summed E-state index contributed by atoms with van der Waals surface area (Å²) in [7, 11) is 0. The third-order valence-corrected chi connectivity index (χ3v) is 12.7. The van der Waals surface area contributed by atoms with Crippen LogP contribution in [-0.2, 0) is 15.6 Å². The highest BCUT2D eigenvalue weighted by Crippen LogP contribution is 2.64. The predicted octanol–water partition coefficient (Wildman–Crippen LogP) is 13.1. The van der Waals surface area contributed by atoms with E-state index in [2.05, 4.69) is 189 Å². The molecule has 1 aromatic heterocycles. The molecule has 0 bridgehead atoms. The van der Waals surface area contributed by atoms with Crippen molar-refractivity contribution in [1.82, 2.24) is 9.97 Å². The van der Waals surface area contributed by atoms with E-state index < -0.39 is 0 Å². The standard InChI is InChI=1S/C54H40N2O/c1-53(33-32-51-47(35-53)54(46-22-12-13-23-50(46)57-51)44-20-10-8-18-42(44)43-19-9-11-21-45(43)54)41-30-28-40(29-31-41)52-55-48(38-16-6-3-7-17-38)34-49(56-52)39-26-24-37(25-27-39)36-14-4-2-5-15-36/h2-21,23-34,46H,22,35H2,1H3. The molecule has 3 nitrogen and oxygen atoms in total. The van der Waals surface area contributed by atoms with Crippen molar-refractivity contribution in [2.24, 2.45) is 5.92 Å². The first-order chi connectivity index (χ1) is 28.1. The minimum Gasteiger partial charge on any atom is -0.461 e. The highest BCUT2D eigenvalue weighted by atomic mass is 16.5. The second-order valence-corrected chi connectivity index (χ2v) is 15.9. The van der Waals surface area contributed by atoms with Gasteiger partial charge in [-0.15, -0.1) is 0 Å². The van der Waals surface area contributed by atoms with Gasteiger partial charge in [0.1, 0.15) is 11.5 Å². The number of fused-ring (bicyclic) bond motifs is 8. The van der Waals surface area contributed by atoms with Gasteiger partial charge in [0.25, 0.3) is 0 Å². The molecule has 2 heterocycles. The fourth-order valence-electron chi connectivity index (χ4n) is 9.86. The van der Waals surface area contributed by atoms with Crippen molar-refractivity contribution in [1.29, 1.82) is 0 Å². The molecule has 1 spiro atoms. The molecule has 0 amide bonds. The van der Waals surface area contributed by atoms with Crippen molar-refractivity contribution in [2.75, 3.05) is 0 Å².